The third-order valence-corrected chi connectivity index (χ3v) is 4.49. The maximum absolute atomic E-state index is 12.2. The summed E-state index contributed by atoms with van der Waals surface area (Å²) in [6.07, 6.45) is 2.00. The number of likely N-dealkylation sites (N-methyl/N-ethyl adjacent to an activating group) is 1. The van der Waals surface area contributed by atoms with Crippen LogP contribution in [0.15, 0.2) is 30.6 Å². The van der Waals surface area contributed by atoms with Crippen molar-refractivity contribution in [2.45, 2.75) is 20.3 Å². The molecular weight excluding hydrogens is 298 g/mol. The number of fused-ring (bicyclic) bond motifs is 1. The van der Waals surface area contributed by atoms with Gasteiger partial charge in [0.2, 0.25) is 10.9 Å². The summed E-state index contributed by atoms with van der Waals surface area (Å²) >= 11 is 1.48. The van der Waals surface area contributed by atoms with E-state index in [9.17, 15) is 4.79 Å². The fraction of sp³-hybridized carbons (Fsp3) is 0.333. The summed E-state index contributed by atoms with van der Waals surface area (Å²) in [5.74, 6) is 0.153. The third-order valence-electron chi connectivity index (χ3n) is 3.53. The lowest BCUT2D eigenvalue weighted by atomic mass is 10.1. The molecule has 114 valence electrons. The number of hydrogen-bond donors (Lipinski definition) is 0. The van der Waals surface area contributed by atoms with Gasteiger partial charge in [-0.2, -0.15) is 9.61 Å². The van der Waals surface area contributed by atoms with Crippen LogP contribution in [0, 0.1) is 0 Å². The predicted molar refractivity (Wildman–Crippen MR) is 85.7 cm³/mol. The number of carbonyl (C=O) groups is 1. The van der Waals surface area contributed by atoms with Crippen molar-refractivity contribution in [1.29, 1.82) is 0 Å². The van der Waals surface area contributed by atoms with Gasteiger partial charge in [0.05, 0.1) is 6.42 Å². The molecule has 0 atom stereocenters. The van der Waals surface area contributed by atoms with E-state index in [2.05, 4.69) is 15.3 Å². The minimum atomic E-state index is 0.153. The number of nitrogens with zero attached hydrogens (tertiary/aromatic N) is 5. The van der Waals surface area contributed by atoms with E-state index in [1.807, 2.05) is 43.0 Å². The molecule has 0 aliphatic rings. The van der Waals surface area contributed by atoms with E-state index in [-0.39, 0.29) is 5.91 Å². The van der Waals surface area contributed by atoms with Crippen molar-refractivity contribution in [1.82, 2.24) is 24.7 Å². The van der Waals surface area contributed by atoms with Crippen molar-refractivity contribution >= 4 is 22.2 Å². The molecule has 0 radical (unpaired) electrons. The van der Waals surface area contributed by atoms with Gasteiger partial charge in [-0.05, 0) is 25.5 Å². The van der Waals surface area contributed by atoms with Gasteiger partial charge in [0.15, 0.2) is 0 Å². The lowest BCUT2D eigenvalue weighted by molar-refractivity contribution is -0.130. The quantitative estimate of drug-likeness (QED) is 0.724. The fourth-order valence-electron chi connectivity index (χ4n) is 2.35. The van der Waals surface area contributed by atoms with Gasteiger partial charge in [0.25, 0.3) is 0 Å². The predicted octanol–water partition coefficient (Wildman–Crippen LogP) is 2.26. The van der Waals surface area contributed by atoms with E-state index in [0.717, 1.165) is 34.2 Å². The number of carbonyl (C=O) groups excluding carboxylic acids is 1. The Morgan fingerprint density at radius 2 is 2.14 bits per heavy atom. The van der Waals surface area contributed by atoms with Gasteiger partial charge in [0.1, 0.15) is 11.3 Å². The molecule has 2 heterocycles. The molecule has 0 spiro atoms. The third kappa shape index (κ3) is 2.85. The Labute approximate surface area is 132 Å². The summed E-state index contributed by atoms with van der Waals surface area (Å²) in [5.41, 5.74) is 2.00. The van der Waals surface area contributed by atoms with Gasteiger partial charge in [-0.1, -0.05) is 29.5 Å². The van der Waals surface area contributed by atoms with Gasteiger partial charge < -0.3 is 4.90 Å². The van der Waals surface area contributed by atoms with Crippen molar-refractivity contribution in [3.8, 4) is 10.6 Å². The van der Waals surface area contributed by atoms with Gasteiger partial charge in [0, 0.05) is 18.7 Å². The second kappa shape index (κ2) is 6.23. The Bertz CT molecular complexity index is 761. The van der Waals surface area contributed by atoms with E-state index >= 15 is 0 Å². The first kappa shape index (κ1) is 14.6. The number of hydrogen-bond acceptors (Lipinski definition) is 5. The normalized spacial score (nSPS) is 11.0. The molecule has 3 aromatic rings. The zero-order valence-electron chi connectivity index (χ0n) is 12.6. The van der Waals surface area contributed by atoms with Crippen LogP contribution in [0.5, 0.6) is 0 Å². The molecule has 6 nitrogen and oxygen atoms in total. The molecule has 0 bridgehead atoms. The number of rotatable bonds is 5. The summed E-state index contributed by atoms with van der Waals surface area (Å²) in [5, 5.41) is 13.1. The highest BCUT2D eigenvalue weighted by atomic mass is 32.1. The largest absolute Gasteiger partial charge is 0.343 e. The highest BCUT2D eigenvalue weighted by Crippen LogP contribution is 2.25. The zero-order chi connectivity index (χ0) is 15.5. The van der Waals surface area contributed by atoms with E-state index in [0.29, 0.717) is 6.42 Å². The lowest BCUT2D eigenvalue weighted by Gasteiger charge is -2.18. The molecule has 7 heteroatoms. The van der Waals surface area contributed by atoms with Crippen LogP contribution in [0.3, 0.4) is 0 Å². The molecule has 1 amide bonds. The highest BCUT2D eigenvalue weighted by molar-refractivity contribution is 7.19. The fourth-order valence-corrected chi connectivity index (χ4v) is 3.17. The van der Waals surface area contributed by atoms with Crippen LogP contribution < -0.4 is 0 Å². The van der Waals surface area contributed by atoms with Crippen molar-refractivity contribution in [3.05, 3.63) is 36.2 Å². The van der Waals surface area contributed by atoms with Crippen LogP contribution in [-0.2, 0) is 11.2 Å². The monoisotopic (exact) mass is 315 g/mol. The van der Waals surface area contributed by atoms with Gasteiger partial charge in [-0.15, -0.1) is 10.2 Å². The average Bonchev–Trinajstić information content (AvgIpc) is 3.10. The molecule has 0 saturated heterocycles. The number of benzene rings is 1. The first-order valence-corrected chi connectivity index (χ1v) is 8.06. The van der Waals surface area contributed by atoms with Gasteiger partial charge in [-0.3, -0.25) is 4.79 Å². The summed E-state index contributed by atoms with van der Waals surface area (Å²) in [6, 6.07) is 7.96. The van der Waals surface area contributed by atoms with Gasteiger partial charge in [-0.25, -0.2) is 0 Å². The molecular formula is C15H17N5OS. The molecule has 0 aliphatic carbocycles. The van der Waals surface area contributed by atoms with Crippen molar-refractivity contribution in [3.63, 3.8) is 0 Å². The summed E-state index contributed by atoms with van der Waals surface area (Å²) in [4.78, 5) is 14.8. The Hall–Kier alpha value is -2.28. The van der Waals surface area contributed by atoms with Crippen LogP contribution >= 0.6 is 11.3 Å². The molecule has 3 rings (SSSR count). The van der Waals surface area contributed by atoms with E-state index in [1.165, 1.54) is 11.3 Å². The number of aromatic nitrogens is 4. The minimum absolute atomic E-state index is 0.153. The minimum Gasteiger partial charge on any atom is -0.343 e. The second-order valence-corrected chi connectivity index (χ2v) is 5.86. The average molecular weight is 315 g/mol. The smallest absolute Gasteiger partial charge is 0.234 e. The SMILES string of the molecule is CCN(CC)C(=O)Cc1cccc(-c2nn3cnnc3s2)c1. The Morgan fingerprint density at radius 3 is 2.86 bits per heavy atom. The van der Waals surface area contributed by atoms with Crippen molar-refractivity contribution < 1.29 is 4.79 Å². The summed E-state index contributed by atoms with van der Waals surface area (Å²) < 4.78 is 1.66. The second-order valence-electron chi connectivity index (χ2n) is 4.91. The maximum atomic E-state index is 12.2. The van der Waals surface area contributed by atoms with Crippen LogP contribution in [-0.4, -0.2) is 43.7 Å². The topological polar surface area (TPSA) is 63.4 Å². The Morgan fingerprint density at radius 1 is 1.32 bits per heavy atom. The Balaban J connectivity index is 1.83. The van der Waals surface area contributed by atoms with Crippen LogP contribution in [0.4, 0.5) is 0 Å². The molecule has 2 aromatic heterocycles. The lowest BCUT2D eigenvalue weighted by Crippen LogP contribution is -2.31. The van der Waals surface area contributed by atoms with Crippen LogP contribution in [0.2, 0.25) is 0 Å². The van der Waals surface area contributed by atoms with Crippen molar-refractivity contribution in [2.75, 3.05) is 13.1 Å². The first-order valence-electron chi connectivity index (χ1n) is 7.25. The highest BCUT2D eigenvalue weighted by Gasteiger charge is 2.12. The van der Waals surface area contributed by atoms with Gasteiger partial charge >= 0.3 is 0 Å². The molecule has 22 heavy (non-hydrogen) atoms. The molecule has 0 N–H and O–H groups in total. The zero-order valence-corrected chi connectivity index (χ0v) is 13.4. The van der Waals surface area contributed by atoms with Crippen molar-refractivity contribution in [2.24, 2.45) is 0 Å². The van der Waals surface area contributed by atoms with E-state index in [1.54, 1.807) is 10.8 Å². The van der Waals surface area contributed by atoms with Crippen LogP contribution in [0.1, 0.15) is 19.4 Å². The first-order chi connectivity index (χ1) is 10.7. The molecule has 0 aliphatic heterocycles. The summed E-state index contributed by atoms with van der Waals surface area (Å²) in [6.45, 7) is 5.48. The molecule has 1 aromatic carbocycles. The number of amides is 1. The van der Waals surface area contributed by atoms with Crippen LogP contribution in [0.25, 0.3) is 15.5 Å². The molecule has 0 fully saturated rings. The standard InChI is InChI=1S/C15H17N5OS/c1-3-19(4-2)13(21)9-11-6-5-7-12(8-11)14-18-20-10-16-17-15(20)22-14/h5-8,10H,3-4,9H2,1-2H3. The summed E-state index contributed by atoms with van der Waals surface area (Å²) in [7, 11) is 0. The van der Waals surface area contributed by atoms with E-state index in [4.69, 9.17) is 0 Å². The Kier molecular flexibility index (Phi) is 4.15. The molecule has 0 saturated carbocycles. The molecule has 0 unspecified atom stereocenters. The van der Waals surface area contributed by atoms with E-state index < -0.39 is 0 Å². The maximum Gasteiger partial charge on any atom is 0.234 e.